The summed E-state index contributed by atoms with van der Waals surface area (Å²) < 4.78 is 6.11. The Hall–Kier alpha value is -2.63. The van der Waals surface area contributed by atoms with Gasteiger partial charge in [0.15, 0.2) is 0 Å². The van der Waals surface area contributed by atoms with E-state index in [0.29, 0.717) is 25.1 Å². The number of aromatic nitrogens is 1. The van der Waals surface area contributed by atoms with Crippen LogP contribution in [0.15, 0.2) is 12.3 Å². The highest BCUT2D eigenvalue weighted by Crippen LogP contribution is 2.27. The van der Waals surface area contributed by atoms with Crippen molar-refractivity contribution in [2.75, 3.05) is 26.7 Å². The third-order valence-electron chi connectivity index (χ3n) is 5.13. The van der Waals surface area contributed by atoms with Crippen molar-refractivity contribution in [3.63, 3.8) is 0 Å². The van der Waals surface area contributed by atoms with Gasteiger partial charge in [-0.3, -0.25) is 9.59 Å². The van der Waals surface area contributed by atoms with Gasteiger partial charge in [-0.2, -0.15) is 0 Å². The van der Waals surface area contributed by atoms with E-state index in [2.05, 4.69) is 16.8 Å². The number of amides is 2. The van der Waals surface area contributed by atoms with Crippen molar-refractivity contribution in [1.29, 1.82) is 0 Å². The van der Waals surface area contributed by atoms with Gasteiger partial charge >= 0.3 is 0 Å². The van der Waals surface area contributed by atoms with Gasteiger partial charge in [-0.15, -0.1) is 0 Å². The fraction of sp³-hybridized carbons (Fsp3) is 0.591. The van der Waals surface area contributed by atoms with Gasteiger partial charge in [-0.1, -0.05) is 25.7 Å². The Kier molecular flexibility index (Phi) is 8.21. The van der Waals surface area contributed by atoms with Gasteiger partial charge in [0.25, 0.3) is 5.91 Å². The van der Waals surface area contributed by atoms with E-state index in [-0.39, 0.29) is 41.9 Å². The molecule has 0 aliphatic carbocycles. The Morgan fingerprint density at radius 3 is 2.77 bits per heavy atom. The third-order valence-corrected chi connectivity index (χ3v) is 5.13. The van der Waals surface area contributed by atoms with Crippen molar-refractivity contribution >= 4 is 11.8 Å². The molecule has 4 atom stereocenters. The van der Waals surface area contributed by atoms with E-state index in [4.69, 9.17) is 4.74 Å². The Bertz CT molecular complexity index is 830. The fourth-order valence-electron chi connectivity index (χ4n) is 3.22. The molecule has 8 heteroatoms. The van der Waals surface area contributed by atoms with E-state index >= 15 is 0 Å². The monoisotopic (exact) mass is 417 g/mol. The maximum atomic E-state index is 13.2. The molecule has 164 valence electrons. The molecule has 1 aliphatic heterocycles. The minimum atomic E-state index is -0.804. The highest BCUT2D eigenvalue weighted by Gasteiger charge is 2.34. The van der Waals surface area contributed by atoms with Crippen LogP contribution >= 0.6 is 0 Å². The van der Waals surface area contributed by atoms with E-state index in [0.717, 1.165) is 0 Å². The summed E-state index contributed by atoms with van der Waals surface area (Å²) in [4.78, 5) is 32.8. The molecule has 1 aromatic heterocycles. The minimum Gasteiger partial charge on any atom is -0.472 e. The lowest BCUT2D eigenvalue weighted by atomic mass is 10.00. The first-order valence-electron chi connectivity index (χ1n) is 10.2. The normalized spacial score (nSPS) is 20.6. The second-order valence-corrected chi connectivity index (χ2v) is 7.77. The Morgan fingerprint density at radius 1 is 1.47 bits per heavy atom. The summed E-state index contributed by atoms with van der Waals surface area (Å²) in [5, 5.41) is 19.1. The lowest BCUT2D eigenvalue weighted by Crippen LogP contribution is -2.50. The minimum absolute atomic E-state index is 0.00134. The summed E-state index contributed by atoms with van der Waals surface area (Å²) in [5.41, 5.74) is 0.723. The van der Waals surface area contributed by atoms with Gasteiger partial charge in [0, 0.05) is 37.7 Å². The van der Waals surface area contributed by atoms with Crippen LogP contribution in [0.1, 0.15) is 50.0 Å². The van der Waals surface area contributed by atoms with Crippen LogP contribution in [-0.2, 0) is 4.79 Å². The molecule has 0 spiro atoms. The van der Waals surface area contributed by atoms with E-state index in [1.165, 1.54) is 6.20 Å². The quantitative estimate of drug-likeness (QED) is 0.690. The summed E-state index contributed by atoms with van der Waals surface area (Å²) in [6.45, 7) is 7.62. The van der Waals surface area contributed by atoms with Crippen LogP contribution < -0.4 is 4.74 Å². The first-order valence-corrected chi connectivity index (χ1v) is 10.2. The lowest BCUT2D eigenvalue weighted by molar-refractivity contribution is -0.131. The molecule has 0 unspecified atom stereocenters. The van der Waals surface area contributed by atoms with Crippen LogP contribution in [0, 0.1) is 17.8 Å². The number of pyridine rings is 1. The van der Waals surface area contributed by atoms with Gasteiger partial charge in [-0.25, -0.2) is 4.98 Å². The van der Waals surface area contributed by atoms with Crippen LogP contribution in [0.3, 0.4) is 0 Å². The number of carbonyl (C=O) groups is 2. The zero-order valence-electron chi connectivity index (χ0n) is 18.3. The van der Waals surface area contributed by atoms with Crippen molar-refractivity contribution in [2.24, 2.45) is 5.92 Å². The standard InChI is InChI=1S/C22H31N3O5/c1-6-20(28)24(5)12-19-14(2)11-25(15(3)13-26)22(29)18-9-17(8-7-16(4)27)10-23-21(18)30-19/h9-10,14-16,19,26-27H,6,11-13H2,1-5H3/t14-,15-,16+,19+/m1/s1. The summed E-state index contributed by atoms with van der Waals surface area (Å²) in [6, 6.07) is 1.19. The number of hydrogen-bond donors (Lipinski definition) is 2. The number of carbonyl (C=O) groups excluding carboxylic acids is 2. The predicted molar refractivity (Wildman–Crippen MR) is 112 cm³/mol. The fourth-order valence-corrected chi connectivity index (χ4v) is 3.22. The Balaban J connectivity index is 2.47. The van der Waals surface area contributed by atoms with Crippen molar-refractivity contribution in [1.82, 2.24) is 14.8 Å². The number of hydrogen-bond acceptors (Lipinski definition) is 6. The molecule has 0 aromatic carbocycles. The Morgan fingerprint density at radius 2 is 2.17 bits per heavy atom. The zero-order chi connectivity index (χ0) is 22.4. The molecule has 1 aliphatic rings. The maximum Gasteiger partial charge on any atom is 0.259 e. The largest absolute Gasteiger partial charge is 0.472 e. The van der Waals surface area contributed by atoms with Crippen LogP contribution in [0.2, 0.25) is 0 Å². The first-order chi connectivity index (χ1) is 14.2. The number of nitrogens with zero attached hydrogens (tertiary/aromatic N) is 3. The summed E-state index contributed by atoms with van der Waals surface area (Å²) >= 11 is 0. The van der Waals surface area contributed by atoms with Crippen molar-refractivity contribution in [3.8, 4) is 17.7 Å². The summed E-state index contributed by atoms with van der Waals surface area (Å²) in [6.07, 6.45) is 0.699. The lowest BCUT2D eigenvalue weighted by Gasteiger charge is -2.37. The molecule has 0 radical (unpaired) electrons. The first kappa shape index (κ1) is 23.6. The maximum absolute atomic E-state index is 13.2. The van der Waals surface area contributed by atoms with E-state index < -0.39 is 12.1 Å². The average Bonchev–Trinajstić information content (AvgIpc) is 2.73. The van der Waals surface area contributed by atoms with Crippen LogP contribution in [0.4, 0.5) is 0 Å². The van der Waals surface area contributed by atoms with Crippen molar-refractivity contribution in [3.05, 3.63) is 23.4 Å². The van der Waals surface area contributed by atoms with Crippen LogP contribution in [-0.4, -0.2) is 81.8 Å². The molecule has 2 amide bonds. The smallest absolute Gasteiger partial charge is 0.259 e. The number of fused-ring (bicyclic) bond motifs is 1. The molecule has 2 heterocycles. The molecule has 2 N–H and O–H groups in total. The highest BCUT2D eigenvalue weighted by molar-refractivity contribution is 5.97. The van der Waals surface area contributed by atoms with Crippen molar-refractivity contribution < 1.29 is 24.5 Å². The predicted octanol–water partition coefficient (Wildman–Crippen LogP) is 0.902. The number of ether oxygens (including phenoxy) is 1. The number of aliphatic hydroxyl groups excluding tert-OH is 2. The topological polar surface area (TPSA) is 103 Å². The molecule has 0 saturated heterocycles. The Labute approximate surface area is 177 Å². The molecule has 30 heavy (non-hydrogen) atoms. The molecule has 8 nitrogen and oxygen atoms in total. The molecule has 2 rings (SSSR count). The van der Waals surface area contributed by atoms with E-state index in [1.54, 1.807) is 43.7 Å². The van der Waals surface area contributed by atoms with Crippen molar-refractivity contribution in [2.45, 2.75) is 52.4 Å². The van der Waals surface area contributed by atoms with Gasteiger partial charge in [0.2, 0.25) is 11.8 Å². The molecule has 0 bridgehead atoms. The second kappa shape index (κ2) is 10.4. The zero-order valence-corrected chi connectivity index (χ0v) is 18.3. The summed E-state index contributed by atoms with van der Waals surface area (Å²) in [5.74, 6) is 5.20. The van der Waals surface area contributed by atoms with Gasteiger partial charge in [-0.05, 0) is 19.9 Å². The van der Waals surface area contributed by atoms with E-state index in [1.807, 2.05) is 6.92 Å². The number of aliphatic hydroxyl groups is 2. The average molecular weight is 418 g/mol. The molecule has 1 aromatic rings. The highest BCUT2D eigenvalue weighted by atomic mass is 16.5. The summed E-state index contributed by atoms with van der Waals surface area (Å²) in [7, 11) is 1.73. The van der Waals surface area contributed by atoms with Crippen LogP contribution in [0.5, 0.6) is 5.88 Å². The van der Waals surface area contributed by atoms with Gasteiger partial charge < -0.3 is 24.7 Å². The molecular weight excluding hydrogens is 386 g/mol. The van der Waals surface area contributed by atoms with Gasteiger partial charge in [0.1, 0.15) is 17.8 Å². The van der Waals surface area contributed by atoms with Gasteiger partial charge in [0.05, 0.1) is 19.2 Å². The van der Waals surface area contributed by atoms with E-state index in [9.17, 15) is 19.8 Å². The molecule has 0 fully saturated rings. The SMILES string of the molecule is CCC(=O)N(C)C[C@@H]1Oc2ncc(C#C[C@H](C)O)cc2C(=O)N([C@H](C)CO)C[C@H]1C. The van der Waals surface area contributed by atoms with Crippen LogP contribution in [0.25, 0.3) is 0 Å². The second-order valence-electron chi connectivity index (χ2n) is 7.77. The molecular formula is C22H31N3O5. The number of rotatable bonds is 5. The molecule has 0 saturated carbocycles. The number of likely N-dealkylation sites (N-methyl/N-ethyl adjacent to an activating group) is 1. The third kappa shape index (κ3) is 5.71.